The molecule has 0 saturated heterocycles. The number of furan rings is 1. The van der Waals surface area contributed by atoms with E-state index in [1.807, 2.05) is 24.3 Å². The van der Waals surface area contributed by atoms with Crippen molar-refractivity contribution in [3.05, 3.63) is 42.4 Å². The number of allylic oxidation sites excluding steroid dienone is 3. The van der Waals surface area contributed by atoms with Gasteiger partial charge in [0.2, 0.25) is 5.88 Å². The molecule has 0 amide bonds. The number of pyridine rings is 1. The molecular weight excluding hydrogens is 240 g/mol. The van der Waals surface area contributed by atoms with Gasteiger partial charge in [-0.05, 0) is 24.6 Å². The Balaban J connectivity index is 1.98. The van der Waals surface area contributed by atoms with E-state index in [2.05, 4.69) is 16.4 Å². The maximum absolute atomic E-state index is 8.95. The molecule has 1 aliphatic carbocycles. The average molecular weight is 252 g/mol. The maximum Gasteiger partial charge on any atom is 0.215 e. The molecule has 2 aromatic heterocycles. The smallest absolute Gasteiger partial charge is 0.215 e. The summed E-state index contributed by atoms with van der Waals surface area (Å²) in [6.07, 6.45) is 9.85. The van der Waals surface area contributed by atoms with Crippen molar-refractivity contribution in [1.82, 2.24) is 4.98 Å². The zero-order chi connectivity index (χ0) is 13.2. The molecule has 0 spiro atoms. The molecule has 0 bridgehead atoms. The summed E-state index contributed by atoms with van der Waals surface area (Å²) in [5.41, 5.74) is 8.07. The van der Waals surface area contributed by atoms with Crippen LogP contribution in [0.2, 0.25) is 0 Å². The summed E-state index contributed by atoms with van der Waals surface area (Å²) in [5.74, 6) is 0.213. The van der Waals surface area contributed by atoms with Crippen LogP contribution >= 0.6 is 0 Å². The van der Waals surface area contributed by atoms with E-state index >= 15 is 0 Å². The molecular formula is C14H12N4O. The van der Waals surface area contributed by atoms with Crippen LogP contribution in [0.5, 0.6) is 0 Å². The number of nitrogens with zero attached hydrogens (tertiary/aromatic N) is 2. The predicted molar refractivity (Wildman–Crippen MR) is 73.0 cm³/mol. The van der Waals surface area contributed by atoms with Gasteiger partial charge >= 0.3 is 0 Å². The van der Waals surface area contributed by atoms with Gasteiger partial charge in [0, 0.05) is 17.3 Å². The molecule has 0 aliphatic heterocycles. The Morgan fingerprint density at radius 2 is 2.42 bits per heavy atom. The fourth-order valence-electron chi connectivity index (χ4n) is 2.10. The highest BCUT2D eigenvalue weighted by Gasteiger charge is 2.14. The van der Waals surface area contributed by atoms with Gasteiger partial charge in [0.15, 0.2) is 5.58 Å². The molecule has 2 heterocycles. The molecule has 0 saturated carbocycles. The number of nitrogens with two attached hydrogens (primary N) is 1. The van der Waals surface area contributed by atoms with Crippen LogP contribution in [-0.4, -0.2) is 4.98 Å². The molecule has 5 heteroatoms. The number of rotatable bonds is 2. The molecule has 1 aliphatic rings. The lowest BCUT2D eigenvalue weighted by atomic mass is 10.0. The van der Waals surface area contributed by atoms with Gasteiger partial charge in [-0.1, -0.05) is 6.08 Å². The molecule has 2 aromatic rings. The monoisotopic (exact) mass is 252 g/mol. The van der Waals surface area contributed by atoms with Gasteiger partial charge in [0.1, 0.15) is 5.69 Å². The Labute approximate surface area is 110 Å². The summed E-state index contributed by atoms with van der Waals surface area (Å²) in [4.78, 5) is 3.99. The number of anilines is 2. The summed E-state index contributed by atoms with van der Waals surface area (Å²) in [6.45, 7) is 0. The first-order valence-corrected chi connectivity index (χ1v) is 5.95. The van der Waals surface area contributed by atoms with Crippen LogP contribution < -0.4 is 11.1 Å². The molecule has 0 fully saturated rings. The molecule has 1 unspecified atom stereocenters. The third-order valence-corrected chi connectivity index (χ3v) is 3.02. The van der Waals surface area contributed by atoms with Crippen LogP contribution in [0.1, 0.15) is 6.42 Å². The van der Waals surface area contributed by atoms with Crippen LogP contribution in [0.25, 0.3) is 11.0 Å². The first kappa shape index (κ1) is 11.4. The predicted octanol–water partition coefficient (Wildman–Crippen LogP) is 2.81. The number of fused-ring (bicyclic) bond motifs is 1. The Morgan fingerprint density at radius 3 is 3.26 bits per heavy atom. The molecule has 94 valence electrons. The van der Waals surface area contributed by atoms with Gasteiger partial charge in [-0.2, -0.15) is 5.26 Å². The molecule has 1 atom stereocenters. The minimum atomic E-state index is -0.103. The van der Waals surface area contributed by atoms with Crippen LogP contribution in [0.15, 0.2) is 46.8 Å². The van der Waals surface area contributed by atoms with E-state index in [0.29, 0.717) is 17.2 Å². The van der Waals surface area contributed by atoms with E-state index in [1.165, 1.54) is 0 Å². The molecule has 5 nitrogen and oxygen atoms in total. The van der Waals surface area contributed by atoms with Crippen molar-refractivity contribution in [1.29, 1.82) is 5.26 Å². The van der Waals surface area contributed by atoms with Crippen molar-refractivity contribution >= 4 is 22.5 Å². The van der Waals surface area contributed by atoms with Crippen molar-refractivity contribution in [3.63, 3.8) is 0 Å². The Hall–Kier alpha value is -2.74. The highest BCUT2D eigenvalue weighted by atomic mass is 16.3. The van der Waals surface area contributed by atoms with Crippen LogP contribution in [0.4, 0.5) is 11.6 Å². The van der Waals surface area contributed by atoms with Crippen LogP contribution in [0, 0.1) is 17.2 Å². The number of nitrogens with one attached hydrogen (secondary N) is 1. The van der Waals surface area contributed by atoms with Gasteiger partial charge in [-0.15, -0.1) is 0 Å². The first-order chi connectivity index (χ1) is 9.28. The lowest BCUT2D eigenvalue weighted by Gasteiger charge is -2.12. The van der Waals surface area contributed by atoms with Crippen molar-refractivity contribution in [2.24, 2.45) is 5.92 Å². The van der Waals surface area contributed by atoms with E-state index in [-0.39, 0.29) is 5.92 Å². The summed E-state index contributed by atoms with van der Waals surface area (Å²) in [6, 6.07) is 4.07. The van der Waals surface area contributed by atoms with E-state index in [4.69, 9.17) is 15.4 Å². The second-order valence-electron chi connectivity index (χ2n) is 4.33. The molecule has 3 rings (SSSR count). The Bertz CT molecular complexity index is 721. The number of nitriles is 1. The zero-order valence-corrected chi connectivity index (χ0v) is 10.1. The molecule has 3 N–H and O–H groups in total. The van der Waals surface area contributed by atoms with Gasteiger partial charge in [0.05, 0.1) is 18.2 Å². The topological polar surface area (TPSA) is 87.9 Å². The summed E-state index contributed by atoms with van der Waals surface area (Å²) in [5, 5.41) is 13.0. The minimum absolute atomic E-state index is 0.103. The van der Waals surface area contributed by atoms with E-state index in [1.54, 1.807) is 12.4 Å². The highest BCUT2D eigenvalue weighted by molar-refractivity contribution is 5.96. The Morgan fingerprint density at radius 1 is 1.53 bits per heavy atom. The fourth-order valence-corrected chi connectivity index (χ4v) is 2.10. The zero-order valence-electron chi connectivity index (χ0n) is 10.1. The third-order valence-electron chi connectivity index (χ3n) is 3.02. The van der Waals surface area contributed by atoms with Gasteiger partial charge in [-0.25, -0.2) is 0 Å². The van der Waals surface area contributed by atoms with Crippen molar-refractivity contribution < 1.29 is 4.42 Å². The van der Waals surface area contributed by atoms with E-state index < -0.39 is 0 Å². The van der Waals surface area contributed by atoms with Crippen molar-refractivity contribution in [3.8, 4) is 6.07 Å². The lowest BCUT2D eigenvalue weighted by molar-refractivity contribution is 0.636. The summed E-state index contributed by atoms with van der Waals surface area (Å²) < 4.78 is 5.43. The largest absolute Gasteiger partial charge is 0.437 e. The second-order valence-corrected chi connectivity index (χ2v) is 4.33. The highest BCUT2D eigenvalue weighted by Crippen LogP contribution is 2.33. The van der Waals surface area contributed by atoms with Gasteiger partial charge in [-0.3, -0.25) is 4.98 Å². The van der Waals surface area contributed by atoms with Crippen molar-refractivity contribution in [2.45, 2.75) is 6.42 Å². The Kier molecular flexibility index (Phi) is 2.69. The maximum atomic E-state index is 8.95. The van der Waals surface area contributed by atoms with Gasteiger partial charge < -0.3 is 15.5 Å². The minimum Gasteiger partial charge on any atom is -0.437 e. The SMILES string of the molecule is N#CC1C=C(Nc2c(N)oc3cnccc23)C=CC1. The number of aromatic nitrogens is 1. The molecule has 19 heavy (non-hydrogen) atoms. The van der Waals surface area contributed by atoms with Gasteiger partial charge in [0.25, 0.3) is 0 Å². The summed E-state index contributed by atoms with van der Waals surface area (Å²) >= 11 is 0. The van der Waals surface area contributed by atoms with E-state index in [0.717, 1.165) is 17.5 Å². The lowest BCUT2D eigenvalue weighted by Crippen LogP contribution is -2.05. The normalized spacial score (nSPS) is 18.1. The third kappa shape index (κ3) is 2.04. The molecule has 0 radical (unpaired) electrons. The van der Waals surface area contributed by atoms with Crippen LogP contribution in [0.3, 0.4) is 0 Å². The van der Waals surface area contributed by atoms with Crippen molar-refractivity contribution in [2.75, 3.05) is 11.1 Å². The number of hydrogen-bond donors (Lipinski definition) is 2. The molecule has 0 aromatic carbocycles. The van der Waals surface area contributed by atoms with E-state index in [9.17, 15) is 0 Å². The quantitative estimate of drug-likeness (QED) is 0.858. The second kappa shape index (κ2) is 4.50. The fraction of sp³-hybridized carbons (Fsp3) is 0.143. The van der Waals surface area contributed by atoms with Crippen LogP contribution in [-0.2, 0) is 0 Å². The summed E-state index contributed by atoms with van der Waals surface area (Å²) in [7, 11) is 0. The number of hydrogen-bond acceptors (Lipinski definition) is 5. The average Bonchev–Trinajstić information content (AvgIpc) is 2.76. The number of nitrogen functional groups attached to an aromatic ring is 1. The standard InChI is InChI=1S/C14H12N4O/c15-7-9-2-1-3-10(6-9)18-13-11-4-5-17-8-12(11)19-14(13)16/h1,3-6,8-9,18H,2,16H2. The first-order valence-electron chi connectivity index (χ1n) is 5.95.